The SMILES string of the molecule is CCCCCNC(=C(O)O)c1ccccc1. The van der Waals surface area contributed by atoms with Gasteiger partial charge in [0.25, 0.3) is 5.95 Å². The van der Waals surface area contributed by atoms with Gasteiger partial charge >= 0.3 is 0 Å². The Bertz CT molecular complexity index is 329. The lowest BCUT2D eigenvalue weighted by molar-refractivity contribution is 0.192. The Morgan fingerprint density at radius 2 is 1.81 bits per heavy atom. The topological polar surface area (TPSA) is 52.5 Å². The van der Waals surface area contributed by atoms with E-state index >= 15 is 0 Å². The molecule has 0 bridgehead atoms. The summed E-state index contributed by atoms with van der Waals surface area (Å²) >= 11 is 0. The van der Waals surface area contributed by atoms with Gasteiger partial charge in [-0.3, -0.25) is 0 Å². The Hall–Kier alpha value is -1.64. The summed E-state index contributed by atoms with van der Waals surface area (Å²) in [5.74, 6) is -0.650. The molecule has 1 rings (SSSR count). The van der Waals surface area contributed by atoms with Gasteiger partial charge < -0.3 is 15.5 Å². The molecule has 0 saturated heterocycles. The molecule has 0 aliphatic carbocycles. The molecule has 0 saturated carbocycles. The number of benzene rings is 1. The lowest BCUT2D eigenvalue weighted by Crippen LogP contribution is -2.15. The van der Waals surface area contributed by atoms with Gasteiger partial charge in [0.05, 0.1) is 0 Å². The maximum atomic E-state index is 9.19. The number of aliphatic hydroxyl groups excluding tert-OH is 1. The molecule has 0 amide bonds. The van der Waals surface area contributed by atoms with Gasteiger partial charge in [0.15, 0.2) is 0 Å². The van der Waals surface area contributed by atoms with E-state index in [1.54, 1.807) is 0 Å². The van der Waals surface area contributed by atoms with Gasteiger partial charge in [-0.25, -0.2) is 0 Å². The number of nitrogens with one attached hydrogen (secondary N) is 1. The number of unbranched alkanes of at least 4 members (excludes halogenated alkanes) is 2. The van der Waals surface area contributed by atoms with Crippen molar-refractivity contribution >= 4 is 5.70 Å². The maximum Gasteiger partial charge on any atom is 0.299 e. The largest absolute Gasteiger partial charge is 0.480 e. The minimum atomic E-state index is -0.650. The second-order valence-corrected chi connectivity index (χ2v) is 3.70. The molecule has 16 heavy (non-hydrogen) atoms. The molecular formula is C13H19NO2. The van der Waals surface area contributed by atoms with Crippen LogP contribution in [-0.4, -0.2) is 16.8 Å². The zero-order valence-corrected chi connectivity index (χ0v) is 9.61. The lowest BCUT2D eigenvalue weighted by atomic mass is 10.1. The highest BCUT2D eigenvalue weighted by Crippen LogP contribution is 2.13. The van der Waals surface area contributed by atoms with Crippen LogP contribution in [0.4, 0.5) is 0 Å². The van der Waals surface area contributed by atoms with Crippen molar-refractivity contribution in [1.29, 1.82) is 0 Å². The molecule has 0 fully saturated rings. The number of hydrogen-bond donors (Lipinski definition) is 3. The first kappa shape index (κ1) is 12.4. The van der Waals surface area contributed by atoms with E-state index in [9.17, 15) is 10.2 Å². The van der Waals surface area contributed by atoms with E-state index in [0.717, 1.165) is 31.4 Å². The molecule has 3 nitrogen and oxygen atoms in total. The van der Waals surface area contributed by atoms with E-state index in [4.69, 9.17) is 0 Å². The summed E-state index contributed by atoms with van der Waals surface area (Å²) in [6.45, 7) is 2.89. The quantitative estimate of drug-likeness (QED) is 0.510. The van der Waals surface area contributed by atoms with Crippen molar-refractivity contribution in [3.05, 3.63) is 41.8 Å². The van der Waals surface area contributed by atoms with Crippen LogP contribution >= 0.6 is 0 Å². The highest BCUT2D eigenvalue weighted by atomic mass is 16.5. The number of rotatable bonds is 6. The van der Waals surface area contributed by atoms with Crippen molar-refractivity contribution in [2.45, 2.75) is 26.2 Å². The van der Waals surface area contributed by atoms with Crippen molar-refractivity contribution in [2.75, 3.05) is 6.54 Å². The van der Waals surface area contributed by atoms with Crippen molar-refractivity contribution in [1.82, 2.24) is 5.32 Å². The molecule has 0 aliphatic rings. The van der Waals surface area contributed by atoms with E-state index in [1.807, 2.05) is 30.3 Å². The van der Waals surface area contributed by atoms with Gasteiger partial charge in [-0.15, -0.1) is 0 Å². The summed E-state index contributed by atoms with van der Waals surface area (Å²) in [6.07, 6.45) is 3.32. The number of aliphatic hydroxyl groups is 2. The van der Waals surface area contributed by atoms with Crippen LogP contribution in [0.3, 0.4) is 0 Å². The Kier molecular flexibility index (Phi) is 5.26. The molecule has 1 aromatic carbocycles. The van der Waals surface area contributed by atoms with E-state index in [0.29, 0.717) is 5.70 Å². The van der Waals surface area contributed by atoms with E-state index in [-0.39, 0.29) is 0 Å². The first-order chi connectivity index (χ1) is 7.75. The fraction of sp³-hybridized carbons (Fsp3) is 0.385. The van der Waals surface area contributed by atoms with Gasteiger partial charge in [0.1, 0.15) is 5.70 Å². The zero-order valence-electron chi connectivity index (χ0n) is 9.61. The summed E-state index contributed by atoms with van der Waals surface area (Å²) in [4.78, 5) is 0. The third-order valence-electron chi connectivity index (χ3n) is 2.37. The molecule has 3 heteroatoms. The molecule has 0 spiro atoms. The first-order valence-electron chi connectivity index (χ1n) is 5.67. The molecule has 88 valence electrons. The van der Waals surface area contributed by atoms with Crippen LogP contribution < -0.4 is 5.32 Å². The normalized spacial score (nSPS) is 9.81. The molecular weight excluding hydrogens is 202 g/mol. The highest BCUT2D eigenvalue weighted by Gasteiger charge is 2.06. The third kappa shape index (κ3) is 3.85. The molecule has 3 N–H and O–H groups in total. The van der Waals surface area contributed by atoms with Crippen LogP contribution in [0.2, 0.25) is 0 Å². The summed E-state index contributed by atoms with van der Waals surface area (Å²) in [5.41, 5.74) is 1.19. The van der Waals surface area contributed by atoms with Crippen molar-refractivity contribution < 1.29 is 10.2 Å². The van der Waals surface area contributed by atoms with Gasteiger partial charge in [-0.05, 0) is 6.42 Å². The monoisotopic (exact) mass is 221 g/mol. The molecule has 0 atom stereocenters. The summed E-state index contributed by atoms with van der Waals surface area (Å²) in [7, 11) is 0. The van der Waals surface area contributed by atoms with Crippen molar-refractivity contribution in [3.8, 4) is 0 Å². The summed E-state index contributed by atoms with van der Waals surface area (Å²) in [6, 6.07) is 9.31. The molecule has 0 aromatic heterocycles. The first-order valence-corrected chi connectivity index (χ1v) is 5.67. The fourth-order valence-corrected chi connectivity index (χ4v) is 1.50. The Morgan fingerprint density at radius 1 is 1.12 bits per heavy atom. The van der Waals surface area contributed by atoms with Crippen LogP contribution in [0.15, 0.2) is 36.3 Å². The summed E-state index contributed by atoms with van der Waals surface area (Å²) in [5, 5.41) is 21.4. The maximum absolute atomic E-state index is 9.19. The van der Waals surface area contributed by atoms with Gasteiger partial charge in [-0.1, -0.05) is 50.1 Å². The zero-order chi connectivity index (χ0) is 11.8. The average molecular weight is 221 g/mol. The Morgan fingerprint density at radius 3 is 2.38 bits per heavy atom. The van der Waals surface area contributed by atoms with Gasteiger partial charge in [0.2, 0.25) is 0 Å². The van der Waals surface area contributed by atoms with E-state index in [1.165, 1.54) is 0 Å². The predicted octanol–water partition coefficient (Wildman–Crippen LogP) is 3.21. The Labute approximate surface area is 96.4 Å². The Balaban J connectivity index is 2.61. The molecule has 0 aliphatic heterocycles. The third-order valence-corrected chi connectivity index (χ3v) is 2.37. The second kappa shape index (κ2) is 6.77. The second-order valence-electron chi connectivity index (χ2n) is 3.70. The van der Waals surface area contributed by atoms with Crippen LogP contribution in [0, 0.1) is 0 Å². The van der Waals surface area contributed by atoms with Crippen LogP contribution in [0.5, 0.6) is 0 Å². The average Bonchev–Trinajstić information content (AvgIpc) is 2.30. The molecule has 0 unspecified atom stereocenters. The van der Waals surface area contributed by atoms with Crippen LogP contribution in [-0.2, 0) is 0 Å². The smallest absolute Gasteiger partial charge is 0.299 e. The van der Waals surface area contributed by atoms with Gasteiger partial charge in [0, 0.05) is 12.1 Å². The molecule has 0 radical (unpaired) electrons. The van der Waals surface area contributed by atoms with E-state index < -0.39 is 5.95 Å². The number of hydrogen-bond acceptors (Lipinski definition) is 3. The minimum absolute atomic E-state index is 0.400. The molecule has 1 aromatic rings. The van der Waals surface area contributed by atoms with Crippen LogP contribution in [0.25, 0.3) is 5.70 Å². The molecule has 0 heterocycles. The van der Waals surface area contributed by atoms with Crippen LogP contribution in [0.1, 0.15) is 31.7 Å². The predicted molar refractivity (Wildman–Crippen MR) is 66.1 cm³/mol. The van der Waals surface area contributed by atoms with E-state index in [2.05, 4.69) is 12.2 Å². The minimum Gasteiger partial charge on any atom is -0.480 e. The van der Waals surface area contributed by atoms with Crippen molar-refractivity contribution in [3.63, 3.8) is 0 Å². The lowest BCUT2D eigenvalue weighted by Gasteiger charge is -2.10. The summed E-state index contributed by atoms with van der Waals surface area (Å²) < 4.78 is 0. The van der Waals surface area contributed by atoms with Gasteiger partial charge in [-0.2, -0.15) is 0 Å². The van der Waals surface area contributed by atoms with Crippen molar-refractivity contribution in [2.24, 2.45) is 0 Å². The highest BCUT2D eigenvalue weighted by molar-refractivity contribution is 5.64. The fourth-order valence-electron chi connectivity index (χ4n) is 1.50. The standard InChI is InChI=1S/C13H19NO2/c1-2-3-7-10-14-12(13(15)16)11-8-5-4-6-9-11/h4-6,8-9,14-16H,2-3,7,10H2,1H3.